The second-order valence-corrected chi connectivity index (χ2v) is 7.25. The average molecular weight is 351 g/mol. The van der Waals surface area contributed by atoms with Crippen molar-refractivity contribution in [1.82, 2.24) is 15.2 Å². The van der Waals surface area contributed by atoms with Gasteiger partial charge in [0.1, 0.15) is 6.61 Å². The van der Waals surface area contributed by atoms with Gasteiger partial charge < -0.3 is 15.0 Å². The molecular weight excluding hydrogens is 326 g/mol. The van der Waals surface area contributed by atoms with Gasteiger partial charge in [-0.1, -0.05) is 30.3 Å². The van der Waals surface area contributed by atoms with Crippen molar-refractivity contribution in [3.63, 3.8) is 0 Å². The molecule has 1 N–H and O–H groups in total. The molecule has 1 aliphatic carbocycles. The summed E-state index contributed by atoms with van der Waals surface area (Å²) in [6.45, 7) is 3.48. The first-order chi connectivity index (χ1) is 12.8. The summed E-state index contributed by atoms with van der Waals surface area (Å²) in [4.78, 5) is 19.2. The van der Waals surface area contributed by atoms with Crippen LogP contribution in [0.5, 0.6) is 5.88 Å². The minimum absolute atomic E-state index is 0.0539. The summed E-state index contributed by atoms with van der Waals surface area (Å²) < 4.78 is 5.71. The lowest BCUT2D eigenvalue weighted by Gasteiger charge is -2.15. The van der Waals surface area contributed by atoms with Gasteiger partial charge in [0, 0.05) is 37.0 Å². The SMILES string of the molecule is O=C(NCC1CCN(C2CC2)C1)c1ccnc(OCc2ccccc2)c1. The molecule has 1 aromatic heterocycles. The normalized spacial score (nSPS) is 20.1. The maximum atomic E-state index is 12.4. The lowest BCUT2D eigenvalue weighted by atomic mass is 10.1. The van der Waals surface area contributed by atoms with Crippen LogP contribution in [0.25, 0.3) is 0 Å². The molecule has 2 aliphatic rings. The Morgan fingerprint density at radius 2 is 2.04 bits per heavy atom. The highest BCUT2D eigenvalue weighted by molar-refractivity contribution is 5.94. The zero-order valence-electron chi connectivity index (χ0n) is 14.9. The molecule has 1 aliphatic heterocycles. The number of nitrogens with zero attached hydrogens (tertiary/aromatic N) is 2. The number of carbonyl (C=O) groups excluding carboxylic acids is 1. The van der Waals surface area contributed by atoms with E-state index in [0.717, 1.165) is 24.7 Å². The fraction of sp³-hybridized carbons (Fsp3) is 0.429. The van der Waals surface area contributed by atoms with Gasteiger partial charge in [0.2, 0.25) is 5.88 Å². The smallest absolute Gasteiger partial charge is 0.251 e. The second-order valence-electron chi connectivity index (χ2n) is 7.25. The van der Waals surface area contributed by atoms with Gasteiger partial charge in [0.25, 0.3) is 5.91 Å². The first-order valence-corrected chi connectivity index (χ1v) is 9.43. The van der Waals surface area contributed by atoms with E-state index in [4.69, 9.17) is 4.74 Å². The maximum Gasteiger partial charge on any atom is 0.251 e. The average Bonchev–Trinajstić information content (AvgIpc) is 3.44. The van der Waals surface area contributed by atoms with Gasteiger partial charge in [-0.25, -0.2) is 4.98 Å². The predicted octanol–water partition coefficient (Wildman–Crippen LogP) is 2.87. The highest BCUT2D eigenvalue weighted by Crippen LogP contribution is 2.31. The molecule has 0 spiro atoms. The van der Waals surface area contributed by atoms with Crippen LogP contribution in [0.2, 0.25) is 0 Å². The highest BCUT2D eigenvalue weighted by atomic mass is 16.5. The molecule has 0 bridgehead atoms. The number of ether oxygens (including phenoxy) is 1. The molecule has 1 unspecified atom stereocenters. The lowest BCUT2D eigenvalue weighted by Crippen LogP contribution is -2.31. The van der Waals surface area contributed by atoms with E-state index in [1.807, 2.05) is 30.3 Å². The molecule has 1 amide bonds. The minimum atomic E-state index is -0.0539. The van der Waals surface area contributed by atoms with Crippen molar-refractivity contribution in [2.24, 2.45) is 5.92 Å². The molecule has 2 aromatic rings. The third kappa shape index (κ3) is 4.41. The van der Waals surface area contributed by atoms with Crippen LogP contribution in [-0.2, 0) is 6.61 Å². The second kappa shape index (κ2) is 7.87. The van der Waals surface area contributed by atoms with Gasteiger partial charge in [-0.05, 0) is 43.4 Å². The molecule has 2 heterocycles. The van der Waals surface area contributed by atoms with Gasteiger partial charge in [0.15, 0.2) is 0 Å². The predicted molar refractivity (Wildman–Crippen MR) is 100 cm³/mol. The van der Waals surface area contributed by atoms with Gasteiger partial charge in [0.05, 0.1) is 0 Å². The summed E-state index contributed by atoms with van der Waals surface area (Å²) in [5.41, 5.74) is 1.67. The summed E-state index contributed by atoms with van der Waals surface area (Å²) >= 11 is 0. The van der Waals surface area contributed by atoms with E-state index in [2.05, 4.69) is 15.2 Å². The Labute approximate surface area is 154 Å². The quantitative estimate of drug-likeness (QED) is 0.833. The molecule has 1 saturated carbocycles. The summed E-state index contributed by atoms with van der Waals surface area (Å²) in [6.07, 6.45) is 5.50. The lowest BCUT2D eigenvalue weighted by molar-refractivity contribution is 0.0946. The van der Waals surface area contributed by atoms with E-state index < -0.39 is 0 Å². The molecule has 136 valence electrons. The zero-order chi connectivity index (χ0) is 17.8. The number of carbonyl (C=O) groups is 1. The summed E-state index contributed by atoms with van der Waals surface area (Å²) in [7, 11) is 0. The van der Waals surface area contributed by atoms with Gasteiger partial charge in [-0.2, -0.15) is 0 Å². The van der Waals surface area contributed by atoms with Crippen molar-refractivity contribution in [2.45, 2.75) is 31.9 Å². The molecule has 2 fully saturated rings. The van der Waals surface area contributed by atoms with Crippen molar-refractivity contribution in [3.8, 4) is 5.88 Å². The molecule has 4 rings (SSSR count). The Hall–Kier alpha value is -2.40. The van der Waals surface area contributed by atoms with Crippen molar-refractivity contribution in [1.29, 1.82) is 0 Å². The third-order valence-electron chi connectivity index (χ3n) is 5.16. The van der Waals surface area contributed by atoms with Crippen molar-refractivity contribution < 1.29 is 9.53 Å². The number of likely N-dealkylation sites (tertiary alicyclic amines) is 1. The van der Waals surface area contributed by atoms with Crippen LogP contribution in [0.1, 0.15) is 35.2 Å². The number of amides is 1. The van der Waals surface area contributed by atoms with Crippen molar-refractivity contribution in [3.05, 3.63) is 59.8 Å². The molecule has 5 nitrogen and oxygen atoms in total. The molecule has 1 atom stereocenters. The van der Waals surface area contributed by atoms with Crippen LogP contribution in [0.3, 0.4) is 0 Å². The molecule has 1 aromatic carbocycles. The van der Waals surface area contributed by atoms with Crippen LogP contribution >= 0.6 is 0 Å². The molecule has 1 saturated heterocycles. The molecule has 26 heavy (non-hydrogen) atoms. The first kappa shape index (κ1) is 17.0. The third-order valence-corrected chi connectivity index (χ3v) is 5.16. The zero-order valence-corrected chi connectivity index (χ0v) is 14.9. The molecular formula is C21H25N3O2. The monoisotopic (exact) mass is 351 g/mol. The first-order valence-electron chi connectivity index (χ1n) is 9.43. The van der Waals surface area contributed by atoms with Crippen LogP contribution < -0.4 is 10.1 Å². The highest BCUT2D eigenvalue weighted by Gasteiger charge is 2.34. The minimum Gasteiger partial charge on any atom is -0.473 e. The largest absolute Gasteiger partial charge is 0.473 e. The standard InChI is InChI=1S/C21H25N3O2/c25-21(23-13-17-9-11-24(14-17)19-6-7-19)18-8-10-22-20(12-18)26-15-16-4-2-1-3-5-16/h1-5,8,10,12,17,19H,6-7,9,11,13-15H2,(H,23,25). The molecule has 5 heteroatoms. The van der Waals surface area contributed by atoms with Crippen LogP contribution in [0, 0.1) is 5.92 Å². The van der Waals surface area contributed by atoms with Gasteiger partial charge in [-0.3, -0.25) is 4.79 Å². The summed E-state index contributed by atoms with van der Waals surface area (Å²) in [6, 6.07) is 14.2. The van der Waals surface area contributed by atoms with E-state index in [1.54, 1.807) is 18.3 Å². The fourth-order valence-electron chi connectivity index (χ4n) is 3.50. The Bertz CT molecular complexity index is 746. The van der Waals surface area contributed by atoms with Gasteiger partial charge in [-0.15, -0.1) is 0 Å². The van der Waals surface area contributed by atoms with Crippen molar-refractivity contribution in [2.75, 3.05) is 19.6 Å². The number of rotatable bonds is 7. The Balaban J connectivity index is 1.27. The fourth-order valence-corrected chi connectivity index (χ4v) is 3.50. The van der Waals surface area contributed by atoms with E-state index in [0.29, 0.717) is 24.0 Å². The number of pyridine rings is 1. The van der Waals surface area contributed by atoms with Crippen LogP contribution in [0.15, 0.2) is 48.7 Å². The number of nitrogens with one attached hydrogen (secondary N) is 1. The van der Waals surface area contributed by atoms with E-state index in [-0.39, 0.29) is 5.91 Å². The van der Waals surface area contributed by atoms with E-state index in [1.165, 1.54) is 25.8 Å². The Kier molecular flexibility index (Phi) is 5.16. The number of hydrogen-bond acceptors (Lipinski definition) is 4. The summed E-state index contributed by atoms with van der Waals surface area (Å²) in [5.74, 6) is 0.985. The number of hydrogen-bond donors (Lipinski definition) is 1. The van der Waals surface area contributed by atoms with Crippen molar-refractivity contribution >= 4 is 5.91 Å². The number of aromatic nitrogens is 1. The maximum absolute atomic E-state index is 12.4. The topological polar surface area (TPSA) is 54.5 Å². The van der Waals surface area contributed by atoms with Crippen LogP contribution in [-0.4, -0.2) is 41.5 Å². The van der Waals surface area contributed by atoms with Gasteiger partial charge >= 0.3 is 0 Å². The Morgan fingerprint density at radius 1 is 1.19 bits per heavy atom. The number of benzene rings is 1. The Morgan fingerprint density at radius 3 is 2.85 bits per heavy atom. The van der Waals surface area contributed by atoms with E-state index in [9.17, 15) is 4.79 Å². The van der Waals surface area contributed by atoms with E-state index >= 15 is 0 Å². The molecule has 0 radical (unpaired) electrons. The summed E-state index contributed by atoms with van der Waals surface area (Å²) in [5, 5.41) is 3.07. The van der Waals surface area contributed by atoms with Crippen LogP contribution in [0.4, 0.5) is 0 Å².